The maximum Gasteiger partial charge on any atom is 0.180 e. The number of piperazine rings is 1. The summed E-state index contributed by atoms with van der Waals surface area (Å²) in [6.45, 7) is 7.37. The number of nitrogens with zero attached hydrogens (tertiary/aromatic N) is 5. The topological polar surface area (TPSA) is 85.6 Å². The largest absolute Gasteiger partial charge is 0.489 e. The summed E-state index contributed by atoms with van der Waals surface area (Å²) in [6.07, 6.45) is 8.63. The second kappa shape index (κ2) is 11.5. The second-order valence-electron chi connectivity index (χ2n) is 9.61. The molecule has 5 heterocycles. The Kier molecular flexibility index (Phi) is 7.75. The molecule has 0 spiro atoms. The number of benzene rings is 1. The third-order valence-electron chi connectivity index (χ3n) is 7.14. The van der Waals surface area contributed by atoms with Gasteiger partial charge in [0.25, 0.3) is 0 Å². The first-order valence-corrected chi connectivity index (χ1v) is 13.9. The molecule has 1 unspecified atom stereocenters. The fourth-order valence-electron chi connectivity index (χ4n) is 5.03. The number of nitrogens with one attached hydrogen (secondary N) is 1. The predicted octanol–water partition coefficient (Wildman–Crippen LogP) is 3.68. The normalized spacial score (nSPS) is 21.2. The van der Waals surface area contributed by atoms with Crippen molar-refractivity contribution in [2.24, 2.45) is 0 Å². The van der Waals surface area contributed by atoms with Gasteiger partial charge in [0.15, 0.2) is 17.8 Å². The van der Waals surface area contributed by atoms with Crippen LogP contribution in [0.25, 0.3) is 5.65 Å². The molecule has 37 heavy (non-hydrogen) atoms. The summed E-state index contributed by atoms with van der Waals surface area (Å²) < 4.78 is 26.0. The van der Waals surface area contributed by atoms with Crippen molar-refractivity contribution in [3.8, 4) is 5.75 Å². The Balaban J connectivity index is 1.17. The van der Waals surface area contributed by atoms with Gasteiger partial charge >= 0.3 is 0 Å². The van der Waals surface area contributed by atoms with E-state index in [0.717, 1.165) is 92.6 Å². The van der Waals surface area contributed by atoms with E-state index in [0.29, 0.717) is 25.1 Å². The SMILES string of the molecule is Brc1cn2ccnc2c(Nc2ccc(N3CCN(C4COC4)CC3)c(OCCOC3CCCCO3)c2)n1. The smallest absolute Gasteiger partial charge is 0.180 e. The number of halogens is 1. The van der Waals surface area contributed by atoms with E-state index in [4.69, 9.17) is 18.9 Å². The van der Waals surface area contributed by atoms with Crippen molar-refractivity contribution in [1.82, 2.24) is 19.3 Å². The summed E-state index contributed by atoms with van der Waals surface area (Å²) in [5.74, 6) is 1.50. The minimum absolute atomic E-state index is 0.118. The number of rotatable bonds is 9. The fourth-order valence-corrected chi connectivity index (χ4v) is 5.42. The van der Waals surface area contributed by atoms with E-state index in [1.807, 2.05) is 22.9 Å². The van der Waals surface area contributed by atoms with E-state index in [1.165, 1.54) is 0 Å². The lowest BCUT2D eigenvalue weighted by Crippen LogP contribution is -2.56. The molecule has 198 valence electrons. The minimum Gasteiger partial charge on any atom is -0.489 e. The van der Waals surface area contributed by atoms with Crippen molar-refractivity contribution in [2.45, 2.75) is 31.6 Å². The maximum absolute atomic E-state index is 6.32. The van der Waals surface area contributed by atoms with Crippen molar-refractivity contribution in [1.29, 1.82) is 0 Å². The second-order valence-corrected chi connectivity index (χ2v) is 10.4. The lowest BCUT2D eigenvalue weighted by atomic mass is 10.1. The number of anilines is 3. The minimum atomic E-state index is -0.118. The first-order chi connectivity index (χ1) is 18.2. The van der Waals surface area contributed by atoms with Crippen LogP contribution in [0.3, 0.4) is 0 Å². The van der Waals surface area contributed by atoms with E-state index in [9.17, 15) is 0 Å². The van der Waals surface area contributed by atoms with Gasteiger partial charge in [-0.3, -0.25) is 4.90 Å². The molecule has 1 aromatic carbocycles. The molecule has 0 aliphatic carbocycles. The number of hydrogen-bond acceptors (Lipinski definition) is 9. The van der Waals surface area contributed by atoms with Crippen LogP contribution in [0.15, 0.2) is 41.4 Å². The van der Waals surface area contributed by atoms with Crippen molar-refractivity contribution < 1.29 is 18.9 Å². The van der Waals surface area contributed by atoms with Crippen LogP contribution in [0.4, 0.5) is 17.2 Å². The highest BCUT2D eigenvalue weighted by Crippen LogP contribution is 2.34. The average Bonchev–Trinajstić information content (AvgIpc) is 3.36. The van der Waals surface area contributed by atoms with E-state index >= 15 is 0 Å². The standard InChI is InChI=1S/C26H33BrN6O4/c27-23-16-33-7-6-28-26(33)25(30-23)29-19-4-5-21(32-10-8-31(9-11-32)20-17-34-18-20)22(15-19)35-13-14-37-24-3-1-2-12-36-24/h4-7,15-16,20,24H,1-3,8-14,17-18H2,(H,29,30). The van der Waals surface area contributed by atoms with E-state index in [1.54, 1.807) is 6.20 Å². The Hall–Kier alpha value is -2.44. The van der Waals surface area contributed by atoms with Crippen LogP contribution in [0.2, 0.25) is 0 Å². The number of ether oxygens (including phenoxy) is 4. The molecule has 0 bridgehead atoms. The molecule has 0 radical (unpaired) electrons. The monoisotopic (exact) mass is 572 g/mol. The van der Waals surface area contributed by atoms with E-state index in [-0.39, 0.29) is 6.29 Å². The molecule has 0 saturated carbocycles. The molecule has 10 nitrogen and oxygen atoms in total. The van der Waals surface area contributed by atoms with Crippen LogP contribution in [0, 0.1) is 0 Å². The van der Waals surface area contributed by atoms with Crippen LogP contribution >= 0.6 is 15.9 Å². The average molecular weight is 573 g/mol. The third kappa shape index (κ3) is 5.85. The predicted molar refractivity (Wildman–Crippen MR) is 144 cm³/mol. The van der Waals surface area contributed by atoms with Gasteiger partial charge in [0.1, 0.15) is 17.0 Å². The van der Waals surface area contributed by atoms with E-state index in [2.05, 4.69) is 53.1 Å². The molecule has 11 heteroatoms. The van der Waals surface area contributed by atoms with Gasteiger partial charge in [-0.15, -0.1) is 0 Å². The molecule has 3 aliphatic heterocycles. The van der Waals surface area contributed by atoms with Gasteiger partial charge in [0.2, 0.25) is 0 Å². The van der Waals surface area contributed by atoms with Gasteiger partial charge in [-0.25, -0.2) is 9.97 Å². The Morgan fingerprint density at radius 2 is 2.00 bits per heavy atom. The summed E-state index contributed by atoms with van der Waals surface area (Å²) in [5, 5.41) is 3.43. The summed E-state index contributed by atoms with van der Waals surface area (Å²) in [7, 11) is 0. The van der Waals surface area contributed by atoms with E-state index < -0.39 is 0 Å². The number of aromatic nitrogens is 3. The maximum atomic E-state index is 6.32. The van der Waals surface area contributed by atoms with Crippen LogP contribution in [0.1, 0.15) is 19.3 Å². The zero-order valence-corrected chi connectivity index (χ0v) is 22.4. The Morgan fingerprint density at radius 1 is 1.11 bits per heavy atom. The van der Waals surface area contributed by atoms with Crippen molar-refractivity contribution in [3.05, 3.63) is 41.4 Å². The van der Waals surface area contributed by atoms with Crippen molar-refractivity contribution >= 4 is 38.8 Å². The van der Waals surface area contributed by atoms with Gasteiger partial charge < -0.3 is 33.6 Å². The van der Waals surface area contributed by atoms with Gasteiger partial charge in [-0.2, -0.15) is 0 Å². The van der Waals surface area contributed by atoms with Crippen LogP contribution in [0.5, 0.6) is 5.75 Å². The molecular weight excluding hydrogens is 540 g/mol. The molecule has 0 amide bonds. The van der Waals surface area contributed by atoms with Gasteiger partial charge in [-0.1, -0.05) is 0 Å². The summed E-state index contributed by atoms with van der Waals surface area (Å²) in [6, 6.07) is 6.82. The summed E-state index contributed by atoms with van der Waals surface area (Å²) in [4.78, 5) is 14.0. The summed E-state index contributed by atoms with van der Waals surface area (Å²) >= 11 is 3.49. The highest BCUT2D eigenvalue weighted by atomic mass is 79.9. The van der Waals surface area contributed by atoms with Gasteiger partial charge in [-0.05, 0) is 47.3 Å². The molecule has 6 rings (SSSR count). The Bertz CT molecular complexity index is 1190. The molecular formula is C26H33BrN6O4. The highest BCUT2D eigenvalue weighted by molar-refractivity contribution is 9.10. The Labute approximate surface area is 225 Å². The molecule has 3 saturated heterocycles. The van der Waals surface area contributed by atoms with Crippen LogP contribution < -0.4 is 15.0 Å². The number of imidazole rings is 1. The molecule has 3 aliphatic rings. The molecule has 1 N–H and O–H groups in total. The first kappa shape index (κ1) is 24.9. The van der Waals surface area contributed by atoms with Crippen molar-refractivity contribution in [2.75, 3.05) is 69.4 Å². The highest BCUT2D eigenvalue weighted by Gasteiger charge is 2.29. The molecule has 2 aromatic heterocycles. The zero-order chi connectivity index (χ0) is 25.0. The fraction of sp³-hybridized carbons (Fsp3) is 0.538. The molecule has 1 atom stereocenters. The quantitative estimate of drug-likeness (QED) is 0.386. The first-order valence-electron chi connectivity index (χ1n) is 13.1. The molecule has 3 fully saturated rings. The van der Waals surface area contributed by atoms with Crippen LogP contribution in [-0.4, -0.2) is 90.8 Å². The third-order valence-corrected chi connectivity index (χ3v) is 7.52. The van der Waals surface area contributed by atoms with Crippen molar-refractivity contribution in [3.63, 3.8) is 0 Å². The number of hydrogen-bond donors (Lipinski definition) is 1. The lowest BCUT2D eigenvalue weighted by Gasteiger charge is -2.43. The van der Waals surface area contributed by atoms with Gasteiger partial charge in [0.05, 0.1) is 31.5 Å². The zero-order valence-electron chi connectivity index (χ0n) is 20.9. The lowest BCUT2D eigenvalue weighted by molar-refractivity contribution is -0.165. The molecule has 3 aromatic rings. The Morgan fingerprint density at radius 3 is 2.78 bits per heavy atom. The summed E-state index contributed by atoms with van der Waals surface area (Å²) in [5.41, 5.74) is 2.74. The number of fused-ring (bicyclic) bond motifs is 1. The van der Waals surface area contributed by atoms with Gasteiger partial charge in [0, 0.05) is 63.1 Å². The van der Waals surface area contributed by atoms with Crippen LogP contribution in [-0.2, 0) is 14.2 Å².